The van der Waals surface area contributed by atoms with Gasteiger partial charge in [0, 0.05) is 13.1 Å². The Morgan fingerprint density at radius 3 is 2.45 bits per heavy atom. The zero-order valence-electron chi connectivity index (χ0n) is 11.4. The van der Waals surface area contributed by atoms with E-state index in [0.29, 0.717) is 32.4 Å². The van der Waals surface area contributed by atoms with Crippen molar-refractivity contribution in [2.75, 3.05) is 42.2 Å². The van der Waals surface area contributed by atoms with Crippen LogP contribution in [-0.4, -0.2) is 46.0 Å². The number of hydrogen-bond donors (Lipinski definition) is 1. The molecule has 11 heteroatoms. The molecule has 0 amide bonds. The molecule has 2 heterocycles. The van der Waals surface area contributed by atoms with Gasteiger partial charge < -0.3 is 9.64 Å². The summed E-state index contributed by atoms with van der Waals surface area (Å²) in [5.74, 6) is -0.704. The lowest BCUT2D eigenvalue weighted by Crippen LogP contribution is -2.37. The van der Waals surface area contributed by atoms with Crippen molar-refractivity contribution in [1.29, 1.82) is 0 Å². The minimum atomic E-state index is -4.78. The minimum absolute atomic E-state index is 0.0871. The molecule has 1 aromatic heterocycles. The van der Waals surface area contributed by atoms with E-state index in [-0.39, 0.29) is 10.8 Å². The number of pyridine rings is 1. The average Bonchev–Trinajstić information content (AvgIpc) is 2.38. The molecule has 1 aliphatic heterocycles. The number of ether oxygens (including phenoxy) is 1. The van der Waals surface area contributed by atoms with Gasteiger partial charge >= 0.3 is 6.18 Å². The van der Waals surface area contributed by atoms with Gasteiger partial charge in [0.05, 0.1) is 24.5 Å². The lowest BCUT2D eigenvalue weighted by molar-refractivity contribution is -0.137. The van der Waals surface area contributed by atoms with E-state index in [4.69, 9.17) is 16.3 Å². The molecule has 0 atom stereocenters. The molecule has 1 fully saturated rings. The summed E-state index contributed by atoms with van der Waals surface area (Å²) in [7, 11) is -3.92. The van der Waals surface area contributed by atoms with Crippen LogP contribution in [0.15, 0.2) is 6.07 Å². The summed E-state index contributed by atoms with van der Waals surface area (Å²) in [5.41, 5.74) is -1.24. The molecule has 1 aliphatic rings. The molecule has 0 spiro atoms. The van der Waals surface area contributed by atoms with Crippen LogP contribution in [0.4, 0.5) is 24.8 Å². The molecule has 1 saturated heterocycles. The molecular formula is C11H13ClF3N3O3S. The predicted octanol–water partition coefficient (Wildman–Crippen LogP) is 1.96. The number of nitrogens with zero attached hydrogens (tertiary/aromatic N) is 2. The second-order valence-corrected chi connectivity index (χ2v) is 6.82. The standard InChI is InChI=1S/C11H13ClF3N3O3S/c1-22(19,20)17-9-7(11(13,14)15)6-8(12)10(16-9)18-2-4-21-5-3-18/h6H,2-5H2,1H3,(H,16,17). The summed E-state index contributed by atoms with van der Waals surface area (Å²) in [6, 6.07) is 0.673. The van der Waals surface area contributed by atoms with Crippen molar-refractivity contribution in [3.05, 3.63) is 16.7 Å². The van der Waals surface area contributed by atoms with Crippen LogP contribution < -0.4 is 9.62 Å². The van der Waals surface area contributed by atoms with E-state index in [1.54, 1.807) is 9.62 Å². The zero-order valence-corrected chi connectivity index (χ0v) is 13.0. The van der Waals surface area contributed by atoms with E-state index >= 15 is 0 Å². The number of sulfonamides is 1. The van der Waals surface area contributed by atoms with Gasteiger partial charge in [0.25, 0.3) is 0 Å². The van der Waals surface area contributed by atoms with Gasteiger partial charge in [-0.05, 0) is 6.07 Å². The quantitative estimate of drug-likeness (QED) is 0.893. The predicted molar refractivity (Wildman–Crippen MR) is 75.7 cm³/mol. The van der Waals surface area contributed by atoms with Crippen LogP contribution >= 0.6 is 11.6 Å². The highest BCUT2D eigenvalue weighted by Crippen LogP contribution is 2.39. The van der Waals surface area contributed by atoms with E-state index in [1.807, 2.05) is 0 Å². The number of anilines is 2. The monoisotopic (exact) mass is 359 g/mol. The summed E-state index contributed by atoms with van der Waals surface area (Å²) in [5, 5.41) is -0.201. The first kappa shape index (κ1) is 17.1. The van der Waals surface area contributed by atoms with Gasteiger partial charge in [-0.2, -0.15) is 13.2 Å². The van der Waals surface area contributed by atoms with Crippen LogP contribution in [0.3, 0.4) is 0 Å². The van der Waals surface area contributed by atoms with Gasteiger partial charge in [-0.25, -0.2) is 13.4 Å². The fourth-order valence-electron chi connectivity index (χ4n) is 1.95. The van der Waals surface area contributed by atoms with E-state index in [0.717, 1.165) is 6.26 Å². The Labute approximate surface area is 130 Å². The highest BCUT2D eigenvalue weighted by atomic mass is 35.5. The molecule has 0 saturated carbocycles. The van der Waals surface area contributed by atoms with Crippen molar-refractivity contribution in [3.63, 3.8) is 0 Å². The molecule has 22 heavy (non-hydrogen) atoms. The highest BCUT2D eigenvalue weighted by molar-refractivity contribution is 7.92. The molecule has 124 valence electrons. The third kappa shape index (κ3) is 4.14. The molecule has 0 unspecified atom stereocenters. The van der Waals surface area contributed by atoms with Crippen LogP contribution in [0.5, 0.6) is 0 Å². The fourth-order valence-corrected chi connectivity index (χ4v) is 2.72. The summed E-state index contributed by atoms with van der Waals surface area (Å²) in [6.45, 7) is 1.56. The van der Waals surface area contributed by atoms with Gasteiger partial charge in [0.15, 0.2) is 5.82 Å². The normalized spacial score (nSPS) is 16.7. The van der Waals surface area contributed by atoms with Crippen molar-refractivity contribution in [2.24, 2.45) is 0 Å². The summed E-state index contributed by atoms with van der Waals surface area (Å²) < 4.78 is 68.5. The molecule has 0 bridgehead atoms. The largest absolute Gasteiger partial charge is 0.420 e. The Kier molecular flexibility index (Phi) is 4.73. The van der Waals surface area contributed by atoms with Crippen LogP contribution in [-0.2, 0) is 20.9 Å². The number of aromatic nitrogens is 1. The fraction of sp³-hybridized carbons (Fsp3) is 0.545. The van der Waals surface area contributed by atoms with E-state index in [1.165, 1.54) is 0 Å². The minimum Gasteiger partial charge on any atom is -0.378 e. The van der Waals surface area contributed by atoms with Crippen LogP contribution in [0.2, 0.25) is 5.02 Å². The number of hydrogen-bond acceptors (Lipinski definition) is 5. The lowest BCUT2D eigenvalue weighted by Gasteiger charge is -2.29. The Hall–Kier alpha value is -1.26. The number of halogens is 4. The average molecular weight is 360 g/mol. The molecule has 1 N–H and O–H groups in total. The van der Waals surface area contributed by atoms with Gasteiger partial charge in [-0.15, -0.1) is 0 Å². The maximum Gasteiger partial charge on any atom is 0.420 e. The van der Waals surface area contributed by atoms with Crippen molar-refractivity contribution < 1.29 is 26.3 Å². The SMILES string of the molecule is CS(=O)(=O)Nc1nc(N2CCOCC2)c(Cl)cc1C(F)(F)F. The third-order valence-corrected chi connectivity index (χ3v) is 3.70. The molecular weight excluding hydrogens is 347 g/mol. The van der Waals surface area contributed by atoms with E-state index < -0.39 is 27.6 Å². The topological polar surface area (TPSA) is 71.5 Å². The van der Waals surface area contributed by atoms with Gasteiger partial charge in [-0.3, -0.25) is 4.72 Å². The number of rotatable bonds is 3. The second-order valence-electron chi connectivity index (χ2n) is 4.66. The molecule has 2 rings (SSSR count). The Bertz CT molecular complexity index is 661. The van der Waals surface area contributed by atoms with E-state index in [9.17, 15) is 21.6 Å². The molecule has 1 aromatic rings. The Morgan fingerprint density at radius 1 is 1.36 bits per heavy atom. The lowest BCUT2D eigenvalue weighted by atomic mass is 10.2. The summed E-state index contributed by atoms with van der Waals surface area (Å²) >= 11 is 5.89. The first-order chi connectivity index (χ1) is 10.1. The zero-order chi connectivity index (χ0) is 16.5. The van der Waals surface area contributed by atoms with Crippen molar-refractivity contribution in [2.45, 2.75) is 6.18 Å². The Balaban J connectivity index is 2.51. The van der Waals surface area contributed by atoms with Crippen LogP contribution in [0.25, 0.3) is 0 Å². The second kappa shape index (κ2) is 6.09. The summed E-state index contributed by atoms with van der Waals surface area (Å²) in [6.07, 6.45) is -4.04. The van der Waals surface area contributed by atoms with Crippen molar-refractivity contribution >= 4 is 33.3 Å². The van der Waals surface area contributed by atoms with Crippen LogP contribution in [0.1, 0.15) is 5.56 Å². The molecule has 6 nitrogen and oxygen atoms in total. The molecule has 0 aromatic carbocycles. The Morgan fingerprint density at radius 2 is 1.95 bits per heavy atom. The maximum absolute atomic E-state index is 13.0. The van der Waals surface area contributed by atoms with Crippen molar-refractivity contribution in [3.8, 4) is 0 Å². The molecule has 0 aliphatic carbocycles. The van der Waals surface area contributed by atoms with E-state index in [2.05, 4.69) is 4.98 Å². The smallest absolute Gasteiger partial charge is 0.378 e. The van der Waals surface area contributed by atoms with Gasteiger partial charge in [0.1, 0.15) is 11.4 Å². The first-order valence-corrected chi connectivity index (χ1v) is 8.43. The number of morpholine rings is 1. The number of nitrogens with one attached hydrogen (secondary N) is 1. The molecule has 0 radical (unpaired) electrons. The maximum atomic E-state index is 13.0. The van der Waals surface area contributed by atoms with Crippen molar-refractivity contribution in [1.82, 2.24) is 4.98 Å². The van der Waals surface area contributed by atoms with Gasteiger partial charge in [-0.1, -0.05) is 11.6 Å². The van der Waals surface area contributed by atoms with Crippen LogP contribution in [0, 0.1) is 0 Å². The number of alkyl halides is 3. The first-order valence-electron chi connectivity index (χ1n) is 6.16. The third-order valence-electron chi connectivity index (χ3n) is 2.86. The highest BCUT2D eigenvalue weighted by Gasteiger charge is 2.36. The summed E-state index contributed by atoms with van der Waals surface area (Å²) in [4.78, 5) is 5.41. The van der Waals surface area contributed by atoms with Gasteiger partial charge in [0.2, 0.25) is 10.0 Å².